The summed E-state index contributed by atoms with van der Waals surface area (Å²) in [4.78, 5) is 11.3. The number of halogens is 2. The van der Waals surface area contributed by atoms with Gasteiger partial charge in [0, 0.05) is 5.69 Å². The number of ether oxygens (including phenoxy) is 1. The van der Waals surface area contributed by atoms with Gasteiger partial charge in [-0.3, -0.25) is 0 Å². The molecule has 0 fully saturated rings. The summed E-state index contributed by atoms with van der Waals surface area (Å²) in [5, 5.41) is 11.2. The summed E-state index contributed by atoms with van der Waals surface area (Å²) in [6, 6.07) is 6.63. The standard InChI is InChI=1S/C10H5Cl2N5O/c11-8-15-9(12)17-10(16-8)14-6-1-3-7(4-2-6)18-5-13/h1-4H,(H,14,15,16,17). The molecule has 1 N–H and O–H groups in total. The summed E-state index contributed by atoms with van der Waals surface area (Å²) < 4.78 is 4.64. The number of nitriles is 1. The Bertz CT molecular complexity index is 576. The van der Waals surface area contributed by atoms with Gasteiger partial charge in [0.25, 0.3) is 6.26 Å². The summed E-state index contributed by atoms with van der Waals surface area (Å²) in [7, 11) is 0. The topological polar surface area (TPSA) is 83.7 Å². The molecular formula is C10H5Cl2N5O. The van der Waals surface area contributed by atoms with Gasteiger partial charge in [-0.05, 0) is 47.5 Å². The lowest BCUT2D eigenvalue weighted by atomic mass is 10.3. The third-order valence-corrected chi connectivity index (χ3v) is 2.19. The van der Waals surface area contributed by atoms with Crippen molar-refractivity contribution in [2.24, 2.45) is 0 Å². The fourth-order valence-electron chi connectivity index (χ4n) is 1.17. The van der Waals surface area contributed by atoms with E-state index in [1.165, 1.54) is 0 Å². The molecule has 1 aromatic carbocycles. The third kappa shape index (κ3) is 3.20. The van der Waals surface area contributed by atoms with Crippen molar-refractivity contribution in [1.82, 2.24) is 15.0 Å². The molecule has 0 saturated heterocycles. The zero-order chi connectivity index (χ0) is 13.0. The van der Waals surface area contributed by atoms with Gasteiger partial charge in [-0.2, -0.15) is 15.0 Å². The molecule has 0 atom stereocenters. The van der Waals surface area contributed by atoms with Gasteiger partial charge in [-0.1, -0.05) is 0 Å². The maximum atomic E-state index is 8.34. The lowest BCUT2D eigenvalue weighted by Gasteiger charge is -2.05. The predicted molar refractivity (Wildman–Crippen MR) is 65.8 cm³/mol. The second kappa shape index (κ2) is 5.49. The Balaban J connectivity index is 2.16. The highest BCUT2D eigenvalue weighted by atomic mass is 35.5. The molecular weight excluding hydrogens is 277 g/mol. The van der Waals surface area contributed by atoms with Crippen molar-refractivity contribution < 1.29 is 4.74 Å². The van der Waals surface area contributed by atoms with Gasteiger partial charge in [0.2, 0.25) is 16.5 Å². The van der Waals surface area contributed by atoms with Crippen molar-refractivity contribution in [3.8, 4) is 12.0 Å². The normalized spacial score (nSPS) is 9.61. The highest BCUT2D eigenvalue weighted by Gasteiger charge is 2.03. The number of rotatable bonds is 3. The van der Waals surface area contributed by atoms with Crippen LogP contribution in [0.4, 0.5) is 11.6 Å². The molecule has 1 aromatic heterocycles. The molecule has 0 aliphatic rings. The Morgan fingerprint density at radius 1 is 1.06 bits per heavy atom. The van der Waals surface area contributed by atoms with Crippen molar-refractivity contribution in [1.29, 1.82) is 5.26 Å². The summed E-state index contributed by atoms with van der Waals surface area (Å²) >= 11 is 11.3. The van der Waals surface area contributed by atoms with Crippen molar-refractivity contribution in [2.75, 3.05) is 5.32 Å². The number of benzene rings is 1. The first kappa shape index (κ1) is 12.4. The zero-order valence-electron chi connectivity index (χ0n) is 8.76. The van der Waals surface area contributed by atoms with Crippen LogP contribution in [0.3, 0.4) is 0 Å². The predicted octanol–water partition coefficient (Wildman–Crippen LogP) is 2.78. The van der Waals surface area contributed by atoms with E-state index in [4.69, 9.17) is 28.5 Å². The highest BCUT2D eigenvalue weighted by molar-refractivity contribution is 6.31. The molecule has 0 aliphatic carbocycles. The molecule has 2 rings (SSSR count). The Kier molecular flexibility index (Phi) is 3.77. The van der Waals surface area contributed by atoms with E-state index >= 15 is 0 Å². The van der Waals surface area contributed by atoms with Crippen LogP contribution in [0.15, 0.2) is 24.3 Å². The largest absolute Gasteiger partial charge is 0.388 e. The second-order valence-electron chi connectivity index (χ2n) is 3.04. The lowest BCUT2D eigenvalue weighted by Crippen LogP contribution is -1.99. The highest BCUT2D eigenvalue weighted by Crippen LogP contribution is 2.19. The summed E-state index contributed by atoms with van der Waals surface area (Å²) in [5.41, 5.74) is 0.693. The Morgan fingerprint density at radius 2 is 1.67 bits per heavy atom. The number of hydrogen-bond acceptors (Lipinski definition) is 6. The van der Waals surface area contributed by atoms with Crippen LogP contribution in [-0.4, -0.2) is 15.0 Å². The van der Waals surface area contributed by atoms with Crippen molar-refractivity contribution >= 4 is 34.8 Å². The van der Waals surface area contributed by atoms with Crippen LogP contribution in [0, 0.1) is 11.5 Å². The van der Waals surface area contributed by atoms with Gasteiger partial charge < -0.3 is 10.1 Å². The van der Waals surface area contributed by atoms with Crippen LogP contribution in [0.1, 0.15) is 0 Å². The minimum Gasteiger partial charge on any atom is -0.388 e. The Labute approximate surface area is 112 Å². The van der Waals surface area contributed by atoms with Gasteiger partial charge in [-0.15, -0.1) is 5.26 Å². The first-order chi connectivity index (χ1) is 8.67. The molecule has 0 bridgehead atoms. The number of anilines is 2. The minimum atomic E-state index is 0.00179. The van der Waals surface area contributed by atoms with E-state index in [-0.39, 0.29) is 16.5 Å². The van der Waals surface area contributed by atoms with E-state index in [1.54, 1.807) is 30.5 Å². The molecule has 8 heteroatoms. The molecule has 2 aromatic rings. The van der Waals surface area contributed by atoms with Gasteiger partial charge in [0.05, 0.1) is 0 Å². The summed E-state index contributed by atoms with van der Waals surface area (Å²) in [5.74, 6) is 0.670. The van der Waals surface area contributed by atoms with Gasteiger partial charge >= 0.3 is 0 Å². The molecule has 0 unspecified atom stereocenters. The van der Waals surface area contributed by atoms with Crippen LogP contribution >= 0.6 is 23.2 Å². The van der Waals surface area contributed by atoms with Crippen LogP contribution in [0.5, 0.6) is 5.75 Å². The first-order valence-corrected chi connectivity index (χ1v) is 5.43. The maximum absolute atomic E-state index is 8.34. The van der Waals surface area contributed by atoms with E-state index in [1.807, 2.05) is 0 Å². The molecule has 1 heterocycles. The summed E-state index contributed by atoms with van der Waals surface area (Å²) in [6.07, 6.45) is 1.58. The number of nitrogens with zero attached hydrogens (tertiary/aromatic N) is 4. The fourth-order valence-corrected chi connectivity index (χ4v) is 1.53. The minimum absolute atomic E-state index is 0.00179. The van der Waals surface area contributed by atoms with Gasteiger partial charge in [0.15, 0.2) is 0 Å². The molecule has 0 spiro atoms. The van der Waals surface area contributed by atoms with Crippen molar-refractivity contribution in [3.05, 3.63) is 34.8 Å². The quantitative estimate of drug-likeness (QED) is 0.871. The van der Waals surface area contributed by atoms with E-state index < -0.39 is 0 Å². The number of aromatic nitrogens is 3. The second-order valence-corrected chi connectivity index (χ2v) is 3.72. The summed E-state index contributed by atoms with van der Waals surface area (Å²) in [6.45, 7) is 0. The van der Waals surface area contributed by atoms with E-state index in [2.05, 4.69) is 25.0 Å². The number of hydrogen-bond donors (Lipinski definition) is 1. The van der Waals surface area contributed by atoms with Crippen molar-refractivity contribution in [3.63, 3.8) is 0 Å². The van der Waals surface area contributed by atoms with E-state index in [0.717, 1.165) is 0 Å². The smallest absolute Gasteiger partial charge is 0.292 e. The SMILES string of the molecule is N#COc1ccc(Nc2nc(Cl)nc(Cl)n2)cc1. The van der Waals surface area contributed by atoms with Gasteiger partial charge in [0.1, 0.15) is 5.75 Å². The average Bonchev–Trinajstić information content (AvgIpc) is 2.31. The monoisotopic (exact) mass is 281 g/mol. The van der Waals surface area contributed by atoms with Gasteiger partial charge in [-0.25, -0.2) is 0 Å². The maximum Gasteiger partial charge on any atom is 0.292 e. The molecule has 18 heavy (non-hydrogen) atoms. The van der Waals surface area contributed by atoms with Crippen molar-refractivity contribution in [2.45, 2.75) is 0 Å². The molecule has 0 saturated carbocycles. The molecule has 6 nitrogen and oxygen atoms in total. The zero-order valence-corrected chi connectivity index (χ0v) is 10.3. The van der Waals surface area contributed by atoms with Crippen LogP contribution in [0.25, 0.3) is 0 Å². The average molecular weight is 282 g/mol. The Morgan fingerprint density at radius 3 is 2.22 bits per heavy atom. The first-order valence-electron chi connectivity index (χ1n) is 4.67. The third-order valence-electron chi connectivity index (χ3n) is 1.85. The lowest BCUT2D eigenvalue weighted by molar-refractivity contribution is 0.507. The van der Waals surface area contributed by atoms with Crippen LogP contribution in [-0.2, 0) is 0 Å². The molecule has 0 aliphatic heterocycles. The number of nitrogens with one attached hydrogen (secondary N) is 1. The Hall–Kier alpha value is -2.10. The van der Waals surface area contributed by atoms with E-state index in [0.29, 0.717) is 11.4 Å². The van der Waals surface area contributed by atoms with Crippen LogP contribution in [0.2, 0.25) is 10.6 Å². The van der Waals surface area contributed by atoms with Crippen LogP contribution < -0.4 is 10.1 Å². The van der Waals surface area contributed by atoms with E-state index in [9.17, 15) is 0 Å². The fraction of sp³-hybridized carbons (Fsp3) is 0. The molecule has 90 valence electrons. The molecule has 0 amide bonds. The molecule has 0 radical (unpaired) electrons.